The number of benzene rings is 2. The number of nitrogens with one attached hydrogen (secondary N) is 2. The standard InChI is InChI=1S/C38H40N10.C2HF3O2/c1-25-23-48(26(2)21-40-25)38-41-22-31-20-32(28-8-4-3-5-9-28)34(42-35(31)44-38)29-13-11-27(12-14-29)24-47-18-15-30(16-19-47)36-43-37(46-45-36)33-10-6-7-17-39-33;3-2(4,5)1(6)7/h3-14,17,20,22,25-26,30,40H,15-16,18-19,21,23-24H2,1-2H3,(H,43,45,46);(H,6,7)/t25-,26+;/m1./s1. The highest BCUT2D eigenvalue weighted by molar-refractivity contribution is 5.90. The van der Waals surface area contributed by atoms with Crippen molar-refractivity contribution >= 4 is 23.0 Å². The fraction of sp³-hybridized carbons (Fsp3) is 0.325. The van der Waals surface area contributed by atoms with Crippen LogP contribution in [0.5, 0.6) is 0 Å². The number of H-pyrrole nitrogens is 1. The van der Waals surface area contributed by atoms with Crippen LogP contribution in [0.25, 0.3) is 44.9 Å². The SMILES string of the molecule is C[C@@H]1CN(c2ncc3cc(-c4ccccc4)c(-c4ccc(CN5CCC(c6nc(-c7ccccn7)n[nH]6)CC5)cc4)nc3n2)[C@@H](C)CN1.O=C(O)C(F)(F)F. The average molecular weight is 751 g/mol. The van der Waals surface area contributed by atoms with Crippen LogP contribution >= 0.6 is 0 Å². The van der Waals surface area contributed by atoms with Gasteiger partial charge in [0.25, 0.3) is 0 Å². The lowest BCUT2D eigenvalue weighted by molar-refractivity contribution is -0.192. The quantitative estimate of drug-likeness (QED) is 0.159. The van der Waals surface area contributed by atoms with Crippen molar-refractivity contribution in [2.75, 3.05) is 31.1 Å². The monoisotopic (exact) mass is 750 g/mol. The maximum Gasteiger partial charge on any atom is 0.490 e. The zero-order valence-electron chi connectivity index (χ0n) is 30.4. The van der Waals surface area contributed by atoms with Gasteiger partial charge in [-0.05, 0) is 69.1 Å². The lowest BCUT2D eigenvalue weighted by Crippen LogP contribution is -2.55. The molecule has 2 aliphatic rings. The largest absolute Gasteiger partial charge is 0.490 e. The van der Waals surface area contributed by atoms with E-state index in [1.54, 1.807) is 6.20 Å². The van der Waals surface area contributed by atoms with E-state index in [2.05, 4.69) is 98.7 Å². The summed E-state index contributed by atoms with van der Waals surface area (Å²) in [6.45, 7) is 9.14. The fourth-order valence-corrected chi connectivity index (χ4v) is 6.91. The Kier molecular flexibility index (Phi) is 11.1. The first-order valence-electron chi connectivity index (χ1n) is 18.2. The van der Waals surface area contributed by atoms with Gasteiger partial charge in [0.2, 0.25) is 5.95 Å². The molecule has 6 aromatic rings. The van der Waals surface area contributed by atoms with Crippen molar-refractivity contribution in [1.82, 2.24) is 45.3 Å². The van der Waals surface area contributed by atoms with Crippen LogP contribution in [0.1, 0.15) is 44.0 Å². The molecule has 2 saturated heterocycles. The summed E-state index contributed by atoms with van der Waals surface area (Å²) in [6, 6.07) is 28.1. The number of carbonyl (C=O) groups is 1. The predicted molar refractivity (Wildman–Crippen MR) is 203 cm³/mol. The second kappa shape index (κ2) is 16.3. The number of rotatable bonds is 7. The first-order valence-corrected chi connectivity index (χ1v) is 18.2. The number of aliphatic carboxylic acids is 1. The van der Waals surface area contributed by atoms with Gasteiger partial charge in [0.1, 0.15) is 11.5 Å². The van der Waals surface area contributed by atoms with E-state index in [4.69, 9.17) is 29.8 Å². The molecule has 8 rings (SSSR count). The number of anilines is 1. The molecule has 6 heterocycles. The number of hydrogen-bond donors (Lipinski definition) is 3. The maximum atomic E-state index is 10.6. The number of nitrogens with zero attached hydrogens (tertiary/aromatic N) is 8. The van der Waals surface area contributed by atoms with Crippen molar-refractivity contribution in [1.29, 1.82) is 0 Å². The molecule has 0 aliphatic carbocycles. The molecule has 2 fully saturated rings. The number of carboxylic acid groups (broad SMARTS) is 1. The minimum atomic E-state index is -5.08. The molecule has 2 aromatic carbocycles. The summed E-state index contributed by atoms with van der Waals surface area (Å²) in [5.74, 6) is -0.00315. The molecule has 0 bridgehead atoms. The Morgan fingerprint density at radius 3 is 2.33 bits per heavy atom. The zero-order valence-corrected chi connectivity index (χ0v) is 30.4. The molecule has 55 heavy (non-hydrogen) atoms. The Labute approximate surface area is 315 Å². The number of aromatic amines is 1. The Morgan fingerprint density at radius 1 is 0.909 bits per heavy atom. The lowest BCUT2D eigenvalue weighted by Gasteiger charge is -2.37. The van der Waals surface area contributed by atoms with E-state index in [-0.39, 0.29) is 0 Å². The molecule has 2 aliphatic heterocycles. The summed E-state index contributed by atoms with van der Waals surface area (Å²) in [5.41, 5.74) is 7.04. The third kappa shape index (κ3) is 8.95. The number of pyridine rings is 2. The molecule has 15 heteroatoms. The average Bonchev–Trinajstić information content (AvgIpc) is 3.70. The van der Waals surface area contributed by atoms with Crippen LogP contribution < -0.4 is 10.2 Å². The first kappa shape index (κ1) is 37.5. The van der Waals surface area contributed by atoms with Crippen LogP contribution in [-0.2, 0) is 11.3 Å². The Hall–Kier alpha value is -5.80. The molecule has 0 saturated carbocycles. The normalized spacial score (nSPS) is 18.2. The third-order valence-corrected chi connectivity index (χ3v) is 9.91. The number of likely N-dealkylation sites (tertiary alicyclic amines) is 1. The number of carboxylic acids is 1. The van der Waals surface area contributed by atoms with Crippen molar-refractivity contribution in [2.24, 2.45) is 0 Å². The van der Waals surface area contributed by atoms with Gasteiger partial charge in [0, 0.05) is 66.5 Å². The van der Waals surface area contributed by atoms with E-state index in [1.165, 1.54) is 5.56 Å². The van der Waals surface area contributed by atoms with Gasteiger partial charge in [-0.15, -0.1) is 0 Å². The van der Waals surface area contributed by atoms with Crippen LogP contribution in [0, 0.1) is 0 Å². The van der Waals surface area contributed by atoms with Gasteiger partial charge < -0.3 is 15.3 Å². The summed E-state index contributed by atoms with van der Waals surface area (Å²) in [7, 11) is 0. The number of aromatic nitrogens is 7. The number of hydrogen-bond acceptors (Lipinski definition) is 10. The number of alkyl halides is 3. The van der Waals surface area contributed by atoms with E-state index >= 15 is 0 Å². The highest BCUT2D eigenvalue weighted by Crippen LogP contribution is 2.34. The van der Waals surface area contributed by atoms with Crippen molar-refractivity contribution < 1.29 is 23.1 Å². The van der Waals surface area contributed by atoms with E-state index < -0.39 is 12.1 Å². The molecule has 3 N–H and O–H groups in total. The molecule has 4 aromatic heterocycles. The van der Waals surface area contributed by atoms with Crippen LogP contribution in [0.15, 0.2) is 91.3 Å². The first-order chi connectivity index (χ1) is 26.5. The van der Waals surface area contributed by atoms with Crippen LogP contribution in [0.3, 0.4) is 0 Å². The molecule has 284 valence electrons. The van der Waals surface area contributed by atoms with Crippen LogP contribution in [0.2, 0.25) is 0 Å². The van der Waals surface area contributed by atoms with E-state index in [0.717, 1.165) is 96.4 Å². The minimum absolute atomic E-state index is 0.312. The van der Waals surface area contributed by atoms with Gasteiger partial charge >= 0.3 is 12.1 Å². The van der Waals surface area contributed by atoms with Gasteiger partial charge in [-0.1, -0.05) is 60.7 Å². The molecule has 0 radical (unpaired) electrons. The Morgan fingerprint density at radius 2 is 1.64 bits per heavy atom. The summed E-state index contributed by atoms with van der Waals surface area (Å²) in [6.07, 6.45) is 0.711. The Balaban J connectivity index is 0.000000609. The van der Waals surface area contributed by atoms with Gasteiger partial charge in [0.15, 0.2) is 11.5 Å². The number of fused-ring (bicyclic) bond motifs is 1. The smallest absolute Gasteiger partial charge is 0.475 e. The lowest BCUT2D eigenvalue weighted by atomic mass is 9.95. The minimum Gasteiger partial charge on any atom is -0.475 e. The predicted octanol–water partition coefficient (Wildman–Crippen LogP) is 6.74. The summed E-state index contributed by atoms with van der Waals surface area (Å²) < 4.78 is 31.7. The van der Waals surface area contributed by atoms with Gasteiger partial charge in [-0.2, -0.15) is 23.3 Å². The maximum absolute atomic E-state index is 10.6. The van der Waals surface area contributed by atoms with Gasteiger partial charge in [0.05, 0.1) is 5.69 Å². The topological polar surface area (TPSA) is 149 Å². The zero-order chi connectivity index (χ0) is 38.5. The van der Waals surface area contributed by atoms with E-state index in [1.807, 2.05) is 30.5 Å². The molecule has 12 nitrogen and oxygen atoms in total. The number of piperidine rings is 1. The van der Waals surface area contributed by atoms with E-state index in [9.17, 15) is 13.2 Å². The van der Waals surface area contributed by atoms with Crippen molar-refractivity contribution in [2.45, 2.75) is 57.4 Å². The van der Waals surface area contributed by atoms with Crippen LogP contribution in [-0.4, -0.2) is 95.5 Å². The molecule has 0 unspecified atom stereocenters. The highest BCUT2D eigenvalue weighted by Gasteiger charge is 2.38. The molecular formula is C40H41F3N10O2. The molecule has 2 atom stereocenters. The number of piperazine rings is 1. The van der Waals surface area contributed by atoms with Crippen molar-refractivity contribution in [3.63, 3.8) is 0 Å². The van der Waals surface area contributed by atoms with Crippen molar-refractivity contribution in [3.8, 4) is 33.9 Å². The molecule has 0 amide bonds. The second-order valence-corrected chi connectivity index (χ2v) is 14.0. The molecule has 0 spiro atoms. The van der Waals surface area contributed by atoms with E-state index in [0.29, 0.717) is 23.8 Å². The Bertz CT molecular complexity index is 2210. The van der Waals surface area contributed by atoms with Gasteiger partial charge in [-0.3, -0.25) is 15.0 Å². The van der Waals surface area contributed by atoms with Crippen molar-refractivity contribution in [3.05, 3.63) is 103 Å². The highest BCUT2D eigenvalue weighted by atomic mass is 19.4. The number of halogens is 3. The summed E-state index contributed by atoms with van der Waals surface area (Å²) in [5, 5.41) is 19.2. The van der Waals surface area contributed by atoms with Gasteiger partial charge in [-0.25, -0.2) is 19.7 Å². The fourth-order valence-electron chi connectivity index (χ4n) is 6.91. The third-order valence-electron chi connectivity index (χ3n) is 9.91. The summed E-state index contributed by atoms with van der Waals surface area (Å²) in [4.78, 5) is 37.9. The van der Waals surface area contributed by atoms with Crippen LogP contribution in [0.4, 0.5) is 19.1 Å². The molecular weight excluding hydrogens is 710 g/mol. The second-order valence-electron chi connectivity index (χ2n) is 14.0. The summed E-state index contributed by atoms with van der Waals surface area (Å²) >= 11 is 0.